The van der Waals surface area contributed by atoms with Crippen LogP contribution in [0.15, 0.2) is 42.7 Å². The van der Waals surface area contributed by atoms with E-state index in [9.17, 15) is 0 Å². The normalized spacial score (nSPS) is 10.7. The molecule has 0 atom stereocenters. The molecule has 2 N–H and O–H groups in total. The molecule has 6 heteroatoms. The van der Waals surface area contributed by atoms with E-state index in [0.29, 0.717) is 5.82 Å². The molecular weight excluding hydrogens is 264 g/mol. The van der Waals surface area contributed by atoms with Crippen molar-refractivity contribution in [1.29, 1.82) is 0 Å². The van der Waals surface area contributed by atoms with E-state index in [-0.39, 0.29) is 0 Å². The van der Waals surface area contributed by atoms with Crippen LogP contribution in [0.2, 0.25) is 0 Å². The molecule has 0 bridgehead atoms. The molecule has 0 aliphatic heterocycles. The molecule has 2 heterocycles. The Morgan fingerprint density at radius 3 is 3.05 bits per heavy atom. The number of tetrazole rings is 1. The summed E-state index contributed by atoms with van der Waals surface area (Å²) >= 11 is 0. The van der Waals surface area contributed by atoms with Crippen molar-refractivity contribution in [2.75, 3.05) is 5.32 Å². The summed E-state index contributed by atoms with van der Waals surface area (Å²) in [6.45, 7) is 4.04. The number of hydrogen-bond acceptors (Lipinski definition) is 4. The summed E-state index contributed by atoms with van der Waals surface area (Å²) in [6.07, 6.45) is 5.45. The van der Waals surface area contributed by atoms with Crippen LogP contribution in [0, 0.1) is 0 Å². The van der Waals surface area contributed by atoms with Crippen molar-refractivity contribution in [3.63, 3.8) is 0 Å². The van der Waals surface area contributed by atoms with Gasteiger partial charge >= 0.3 is 0 Å². The molecule has 0 fully saturated rings. The maximum absolute atomic E-state index is 3.99. The Labute approximate surface area is 123 Å². The number of nitrogens with one attached hydrogen (secondary N) is 2. The second kappa shape index (κ2) is 6.21. The number of aromatic nitrogens is 5. The monoisotopic (exact) mass is 282 g/mol. The first-order valence-electron chi connectivity index (χ1n) is 7.07. The Morgan fingerprint density at radius 2 is 2.24 bits per heavy atom. The molecule has 0 unspecified atom stereocenters. The van der Waals surface area contributed by atoms with Gasteiger partial charge in [-0.25, -0.2) is 0 Å². The first-order valence-corrected chi connectivity index (χ1v) is 7.07. The fourth-order valence-electron chi connectivity index (χ4n) is 2.25. The zero-order valence-electron chi connectivity index (χ0n) is 12.0. The lowest BCUT2D eigenvalue weighted by molar-refractivity contribution is 0.682. The van der Waals surface area contributed by atoms with Gasteiger partial charge in [0.15, 0.2) is 0 Å². The zero-order valence-corrected chi connectivity index (χ0v) is 12.0. The molecule has 0 saturated heterocycles. The van der Waals surface area contributed by atoms with Crippen LogP contribution in [0.1, 0.15) is 18.9 Å². The van der Waals surface area contributed by atoms with Crippen molar-refractivity contribution in [2.45, 2.75) is 26.4 Å². The van der Waals surface area contributed by atoms with Gasteiger partial charge in [-0.15, -0.1) is 10.2 Å². The predicted octanol–water partition coefficient (Wildman–Crippen LogP) is 2.69. The summed E-state index contributed by atoms with van der Waals surface area (Å²) in [5, 5.41) is 17.5. The van der Waals surface area contributed by atoms with Gasteiger partial charge in [0.2, 0.25) is 5.82 Å². The minimum Gasteiger partial charge on any atom is -0.381 e. The third kappa shape index (κ3) is 3.28. The van der Waals surface area contributed by atoms with Crippen LogP contribution in [0.5, 0.6) is 0 Å². The highest BCUT2D eigenvalue weighted by Crippen LogP contribution is 2.18. The van der Waals surface area contributed by atoms with Gasteiger partial charge in [-0.3, -0.25) is 0 Å². The van der Waals surface area contributed by atoms with Gasteiger partial charge in [0.25, 0.3) is 0 Å². The lowest BCUT2D eigenvalue weighted by Crippen LogP contribution is -1.99. The Balaban J connectivity index is 1.66. The van der Waals surface area contributed by atoms with Crippen LogP contribution in [0.25, 0.3) is 11.4 Å². The summed E-state index contributed by atoms with van der Waals surface area (Å²) in [5.41, 5.74) is 3.26. The van der Waals surface area contributed by atoms with Gasteiger partial charge < -0.3 is 9.88 Å². The molecule has 0 aliphatic carbocycles. The number of nitrogens with zero attached hydrogens (tertiary/aromatic N) is 4. The minimum absolute atomic E-state index is 0.604. The molecule has 0 saturated carbocycles. The highest BCUT2D eigenvalue weighted by Gasteiger charge is 2.03. The maximum Gasteiger partial charge on any atom is 0.204 e. The van der Waals surface area contributed by atoms with Crippen molar-refractivity contribution in [3.8, 4) is 11.4 Å². The number of aryl methyl sites for hydroxylation is 1. The van der Waals surface area contributed by atoms with Crippen molar-refractivity contribution >= 4 is 5.69 Å². The molecule has 0 radical (unpaired) electrons. The SMILES string of the molecule is CCCn1ccc(CNc2cccc(-c3nn[nH]n3)c2)c1. The van der Waals surface area contributed by atoms with E-state index >= 15 is 0 Å². The number of benzene rings is 1. The highest BCUT2D eigenvalue weighted by atomic mass is 15.5. The standard InChI is InChI=1S/C15H18N6/c1-2-7-21-8-6-12(11-21)10-16-14-5-3-4-13(9-14)15-17-19-20-18-15/h3-6,8-9,11,16H,2,7,10H2,1H3,(H,17,18,19,20). The van der Waals surface area contributed by atoms with E-state index in [0.717, 1.165) is 30.8 Å². The summed E-state index contributed by atoms with van der Waals surface area (Å²) in [4.78, 5) is 0. The van der Waals surface area contributed by atoms with E-state index in [2.05, 4.69) is 55.9 Å². The minimum atomic E-state index is 0.604. The van der Waals surface area contributed by atoms with Gasteiger partial charge in [-0.2, -0.15) is 5.21 Å². The second-order valence-corrected chi connectivity index (χ2v) is 4.93. The molecule has 3 aromatic rings. The van der Waals surface area contributed by atoms with Crippen LogP contribution in [0.3, 0.4) is 0 Å². The molecule has 108 valence electrons. The van der Waals surface area contributed by atoms with Crippen molar-refractivity contribution in [2.24, 2.45) is 0 Å². The van der Waals surface area contributed by atoms with E-state index in [1.807, 2.05) is 24.3 Å². The average molecular weight is 282 g/mol. The summed E-state index contributed by atoms with van der Waals surface area (Å²) < 4.78 is 2.22. The van der Waals surface area contributed by atoms with Gasteiger partial charge in [-0.05, 0) is 35.4 Å². The Hall–Kier alpha value is -2.63. The van der Waals surface area contributed by atoms with E-state index in [1.165, 1.54) is 5.56 Å². The van der Waals surface area contributed by atoms with Crippen LogP contribution >= 0.6 is 0 Å². The Morgan fingerprint density at radius 1 is 1.29 bits per heavy atom. The molecule has 0 amide bonds. The van der Waals surface area contributed by atoms with Gasteiger partial charge in [0.05, 0.1) is 0 Å². The first-order chi connectivity index (χ1) is 10.3. The molecule has 6 nitrogen and oxygen atoms in total. The lowest BCUT2D eigenvalue weighted by atomic mass is 10.2. The molecular formula is C15H18N6. The number of rotatable bonds is 6. The van der Waals surface area contributed by atoms with Crippen LogP contribution in [-0.4, -0.2) is 25.2 Å². The molecule has 0 spiro atoms. The van der Waals surface area contributed by atoms with Gasteiger partial charge in [0, 0.05) is 36.7 Å². The Kier molecular flexibility index (Phi) is 3.95. The smallest absolute Gasteiger partial charge is 0.204 e. The second-order valence-electron chi connectivity index (χ2n) is 4.93. The topological polar surface area (TPSA) is 71.4 Å². The molecule has 1 aromatic carbocycles. The quantitative estimate of drug-likeness (QED) is 0.729. The fourth-order valence-corrected chi connectivity index (χ4v) is 2.25. The number of H-pyrrole nitrogens is 1. The third-order valence-electron chi connectivity index (χ3n) is 3.26. The van der Waals surface area contributed by atoms with Crippen molar-refractivity contribution in [1.82, 2.24) is 25.2 Å². The van der Waals surface area contributed by atoms with E-state index < -0.39 is 0 Å². The summed E-state index contributed by atoms with van der Waals surface area (Å²) in [5.74, 6) is 0.604. The van der Waals surface area contributed by atoms with Gasteiger partial charge in [0.1, 0.15) is 0 Å². The number of hydrogen-bond donors (Lipinski definition) is 2. The number of anilines is 1. The van der Waals surface area contributed by atoms with Crippen LogP contribution < -0.4 is 5.32 Å². The van der Waals surface area contributed by atoms with Crippen molar-refractivity contribution in [3.05, 3.63) is 48.3 Å². The van der Waals surface area contributed by atoms with Crippen molar-refractivity contribution < 1.29 is 0 Å². The van der Waals surface area contributed by atoms with Crippen LogP contribution in [-0.2, 0) is 13.1 Å². The molecule has 21 heavy (non-hydrogen) atoms. The lowest BCUT2D eigenvalue weighted by Gasteiger charge is -2.06. The summed E-state index contributed by atoms with van der Waals surface area (Å²) in [6, 6.07) is 10.1. The van der Waals surface area contributed by atoms with Crippen LogP contribution in [0.4, 0.5) is 5.69 Å². The molecule has 2 aromatic heterocycles. The molecule has 3 rings (SSSR count). The average Bonchev–Trinajstić information content (AvgIpc) is 3.18. The fraction of sp³-hybridized carbons (Fsp3) is 0.267. The predicted molar refractivity (Wildman–Crippen MR) is 81.7 cm³/mol. The van der Waals surface area contributed by atoms with E-state index in [1.54, 1.807) is 0 Å². The Bertz CT molecular complexity index is 686. The summed E-state index contributed by atoms with van der Waals surface area (Å²) in [7, 11) is 0. The number of aromatic amines is 1. The van der Waals surface area contributed by atoms with Gasteiger partial charge in [-0.1, -0.05) is 19.1 Å². The molecule has 0 aliphatic rings. The highest BCUT2D eigenvalue weighted by molar-refractivity contribution is 5.61. The third-order valence-corrected chi connectivity index (χ3v) is 3.26. The maximum atomic E-state index is 3.99. The first kappa shape index (κ1) is 13.4. The van der Waals surface area contributed by atoms with E-state index in [4.69, 9.17) is 0 Å². The largest absolute Gasteiger partial charge is 0.381 e. The zero-order chi connectivity index (χ0) is 14.5.